The van der Waals surface area contributed by atoms with Crippen molar-refractivity contribution in [1.82, 2.24) is 5.32 Å². The summed E-state index contributed by atoms with van der Waals surface area (Å²) < 4.78 is 4.57. The summed E-state index contributed by atoms with van der Waals surface area (Å²) in [5.74, 6) is -0.489. The number of esters is 1. The fraction of sp³-hybridized carbons (Fsp3) is 0.429. The van der Waals surface area contributed by atoms with E-state index >= 15 is 0 Å². The lowest BCUT2D eigenvalue weighted by molar-refractivity contribution is -0.141. The number of fused-ring (bicyclic) bond motifs is 1. The van der Waals surface area contributed by atoms with E-state index < -0.39 is 0 Å². The molecule has 0 fully saturated rings. The highest BCUT2D eigenvalue weighted by Gasteiger charge is 2.16. The first-order valence-electron chi connectivity index (χ1n) is 6.34. The monoisotopic (exact) mass is 298 g/mol. The number of nitrogens with one attached hydrogen (secondary N) is 2. The number of carbonyl (C=O) groups excluding carboxylic acids is 2. The van der Waals surface area contributed by atoms with Gasteiger partial charge in [-0.3, -0.25) is 9.59 Å². The van der Waals surface area contributed by atoms with Crippen LogP contribution in [0, 0.1) is 0 Å². The normalized spacial score (nSPS) is 13.5. The zero-order chi connectivity index (χ0) is 13.8. The van der Waals surface area contributed by atoms with Crippen molar-refractivity contribution in [2.45, 2.75) is 25.8 Å². The number of rotatable bonds is 4. The van der Waals surface area contributed by atoms with Crippen LogP contribution >= 0.6 is 12.4 Å². The molecule has 2 rings (SSSR count). The Kier molecular flexibility index (Phi) is 5.82. The van der Waals surface area contributed by atoms with Crippen LogP contribution in [0.25, 0.3) is 0 Å². The molecule has 0 saturated heterocycles. The summed E-state index contributed by atoms with van der Waals surface area (Å²) in [7, 11) is 1.34. The SMILES string of the molecule is COC(=O)CC(C)NC(=O)c1ccc2c(c1)CCN2.Cl. The Morgan fingerprint density at radius 3 is 2.90 bits per heavy atom. The second-order valence-electron chi connectivity index (χ2n) is 4.70. The summed E-state index contributed by atoms with van der Waals surface area (Å²) in [6, 6.07) is 5.36. The molecular formula is C14H19ClN2O3. The van der Waals surface area contributed by atoms with E-state index in [1.807, 2.05) is 12.1 Å². The lowest BCUT2D eigenvalue weighted by Crippen LogP contribution is -2.34. The second kappa shape index (κ2) is 7.14. The Morgan fingerprint density at radius 1 is 1.45 bits per heavy atom. The van der Waals surface area contributed by atoms with Crippen LogP contribution in [-0.2, 0) is 16.0 Å². The van der Waals surface area contributed by atoms with Crippen molar-refractivity contribution in [1.29, 1.82) is 0 Å². The van der Waals surface area contributed by atoms with Crippen molar-refractivity contribution in [3.63, 3.8) is 0 Å². The molecule has 6 heteroatoms. The molecule has 1 aliphatic rings. The number of halogens is 1. The second-order valence-corrected chi connectivity index (χ2v) is 4.70. The maximum absolute atomic E-state index is 12.0. The van der Waals surface area contributed by atoms with Gasteiger partial charge in [0, 0.05) is 23.8 Å². The zero-order valence-electron chi connectivity index (χ0n) is 11.6. The molecule has 20 heavy (non-hydrogen) atoms. The molecule has 1 aliphatic heterocycles. The fourth-order valence-electron chi connectivity index (χ4n) is 2.14. The maximum Gasteiger partial charge on any atom is 0.307 e. The molecule has 0 saturated carbocycles. The van der Waals surface area contributed by atoms with E-state index in [1.54, 1.807) is 13.0 Å². The Labute approximate surface area is 124 Å². The summed E-state index contributed by atoms with van der Waals surface area (Å²) in [5.41, 5.74) is 2.88. The van der Waals surface area contributed by atoms with Crippen molar-refractivity contribution in [3.8, 4) is 0 Å². The van der Waals surface area contributed by atoms with Gasteiger partial charge in [0.1, 0.15) is 0 Å². The van der Waals surface area contributed by atoms with Crippen LogP contribution in [0.4, 0.5) is 5.69 Å². The van der Waals surface area contributed by atoms with E-state index in [2.05, 4.69) is 15.4 Å². The summed E-state index contributed by atoms with van der Waals surface area (Å²) in [6.07, 6.45) is 1.11. The highest BCUT2D eigenvalue weighted by atomic mass is 35.5. The van der Waals surface area contributed by atoms with Crippen LogP contribution in [0.5, 0.6) is 0 Å². The third kappa shape index (κ3) is 3.87. The fourth-order valence-corrected chi connectivity index (χ4v) is 2.14. The van der Waals surface area contributed by atoms with Gasteiger partial charge in [0.25, 0.3) is 5.91 Å². The van der Waals surface area contributed by atoms with E-state index in [9.17, 15) is 9.59 Å². The molecule has 0 spiro atoms. The van der Waals surface area contributed by atoms with Crippen molar-refractivity contribution >= 4 is 30.0 Å². The lowest BCUT2D eigenvalue weighted by Gasteiger charge is -2.13. The number of hydrogen-bond acceptors (Lipinski definition) is 4. The predicted octanol–water partition coefficient (Wildman–Crippen LogP) is 1.76. The molecule has 1 atom stereocenters. The van der Waals surface area contributed by atoms with Crippen LogP contribution < -0.4 is 10.6 Å². The predicted molar refractivity (Wildman–Crippen MR) is 79.4 cm³/mol. The van der Waals surface area contributed by atoms with Crippen molar-refractivity contribution < 1.29 is 14.3 Å². The summed E-state index contributed by atoms with van der Waals surface area (Å²) in [6.45, 7) is 2.70. The minimum atomic E-state index is -0.328. The molecular weight excluding hydrogens is 280 g/mol. The van der Waals surface area contributed by atoms with E-state index in [0.717, 1.165) is 24.2 Å². The molecule has 1 aromatic rings. The Bertz CT molecular complexity index is 505. The molecule has 0 radical (unpaired) electrons. The smallest absolute Gasteiger partial charge is 0.307 e. The largest absolute Gasteiger partial charge is 0.469 e. The number of carbonyl (C=O) groups is 2. The molecule has 0 aromatic heterocycles. The molecule has 1 aromatic carbocycles. The summed E-state index contributed by atoms with van der Waals surface area (Å²) in [4.78, 5) is 23.2. The van der Waals surface area contributed by atoms with Gasteiger partial charge in [-0.1, -0.05) is 0 Å². The van der Waals surface area contributed by atoms with Gasteiger partial charge in [-0.15, -0.1) is 12.4 Å². The minimum absolute atomic E-state index is 0. The number of amides is 1. The van der Waals surface area contributed by atoms with Crippen molar-refractivity contribution in [2.24, 2.45) is 0 Å². The molecule has 1 heterocycles. The maximum atomic E-state index is 12.0. The number of hydrogen-bond donors (Lipinski definition) is 2. The van der Waals surface area contributed by atoms with E-state index in [0.29, 0.717) is 5.56 Å². The average Bonchev–Trinajstić information content (AvgIpc) is 2.85. The minimum Gasteiger partial charge on any atom is -0.469 e. The van der Waals surface area contributed by atoms with Gasteiger partial charge in [-0.05, 0) is 37.1 Å². The first-order valence-corrected chi connectivity index (χ1v) is 6.34. The number of benzene rings is 1. The Hall–Kier alpha value is -1.75. The van der Waals surface area contributed by atoms with E-state index in [1.165, 1.54) is 7.11 Å². The number of anilines is 1. The third-order valence-corrected chi connectivity index (χ3v) is 3.16. The number of ether oxygens (including phenoxy) is 1. The van der Waals surface area contributed by atoms with Gasteiger partial charge in [0.2, 0.25) is 0 Å². The molecule has 0 bridgehead atoms. The summed E-state index contributed by atoms with van der Waals surface area (Å²) >= 11 is 0. The Morgan fingerprint density at radius 2 is 2.20 bits per heavy atom. The van der Waals surface area contributed by atoms with Crippen molar-refractivity contribution in [2.75, 3.05) is 19.0 Å². The third-order valence-electron chi connectivity index (χ3n) is 3.16. The highest BCUT2D eigenvalue weighted by molar-refractivity contribution is 5.95. The topological polar surface area (TPSA) is 67.4 Å². The standard InChI is InChI=1S/C14H18N2O3.ClH/c1-9(7-13(17)19-2)16-14(18)11-3-4-12-10(8-11)5-6-15-12;/h3-4,8-9,15H,5-7H2,1-2H3,(H,16,18);1H. The first-order chi connectivity index (χ1) is 9.10. The van der Waals surface area contributed by atoms with E-state index in [-0.39, 0.29) is 36.7 Å². The quantitative estimate of drug-likeness (QED) is 0.831. The molecule has 5 nitrogen and oxygen atoms in total. The van der Waals surface area contributed by atoms with Crippen LogP contribution in [0.1, 0.15) is 29.3 Å². The van der Waals surface area contributed by atoms with Gasteiger partial charge in [0.15, 0.2) is 0 Å². The van der Waals surface area contributed by atoms with Gasteiger partial charge in [-0.2, -0.15) is 0 Å². The van der Waals surface area contributed by atoms with Gasteiger partial charge >= 0.3 is 5.97 Å². The first kappa shape index (κ1) is 16.3. The summed E-state index contributed by atoms with van der Waals surface area (Å²) in [5, 5.41) is 6.04. The van der Waals surface area contributed by atoms with Crippen LogP contribution in [-0.4, -0.2) is 31.6 Å². The molecule has 1 unspecified atom stereocenters. The highest BCUT2D eigenvalue weighted by Crippen LogP contribution is 2.22. The van der Waals surface area contributed by atoms with Crippen LogP contribution in [0.3, 0.4) is 0 Å². The van der Waals surface area contributed by atoms with Gasteiger partial charge < -0.3 is 15.4 Å². The van der Waals surface area contributed by atoms with E-state index in [4.69, 9.17) is 0 Å². The van der Waals surface area contributed by atoms with Crippen LogP contribution in [0.2, 0.25) is 0 Å². The number of methoxy groups -OCH3 is 1. The molecule has 110 valence electrons. The Balaban J connectivity index is 0.00000200. The van der Waals surface area contributed by atoms with Gasteiger partial charge in [0.05, 0.1) is 13.5 Å². The average molecular weight is 299 g/mol. The molecule has 1 amide bonds. The zero-order valence-corrected chi connectivity index (χ0v) is 12.4. The molecule has 2 N–H and O–H groups in total. The van der Waals surface area contributed by atoms with Crippen LogP contribution in [0.15, 0.2) is 18.2 Å². The van der Waals surface area contributed by atoms with Gasteiger partial charge in [-0.25, -0.2) is 0 Å². The molecule has 0 aliphatic carbocycles. The lowest BCUT2D eigenvalue weighted by atomic mass is 10.1. The van der Waals surface area contributed by atoms with Crippen molar-refractivity contribution in [3.05, 3.63) is 29.3 Å².